The van der Waals surface area contributed by atoms with Gasteiger partial charge in [0.15, 0.2) is 0 Å². The largest absolute Gasteiger partial charge is 0.207 e. The van der Waals surface area contributed by atoms with Crippen molar-refractivity contribution in [3.05, 3.63) is 47.5 Å². The molecule has 0 spiro atoms. The van der Waals surface area contributed by atoms with E-state index in [9.17, 15) is 8.78 Å². The van der Waals surface area contributed by atoms with E-state index in [-0.39, 0.29) is 0 Å². The van der Waals surface area contributed by atoms with Gasteiger partial charge in [0.1, 0.15) is 11.6 Å². The highest BCUT2D eigenvalue weighted by atomic mass is 19.1. The van der Waals surface area contributed by atoms with Crippen molar-refractivity contribution < 1.29 is 8.78 Å². The molecule has 0 bridgehead atoms. The van der Waals surface area contributed by atoms with Gasteiger partial charge in [-0.1, -0.05) is 37.8 Å². The predicted octanol–water partition coefficient (Wildman–Crippen LogP) is 6.06. The molecule has 0 radical (unpaired) electrons. The first kappa shape index (κ1) is 16.2. The van der Waals surface area contributed by atoms with Crippen LogP contribution in [0.3, 0.4) is 0 Å². The van der Waals surface area contributed by atoms with Gasteiger partial charge in [-0.15, -0.1) is 0 Å². The molecule has 0 aliphatic heterocycles. The summed E-state index contributed by atoms with van der Waals surface area (Å²) in [5, 5.41) is 0. The van der Waals surface area contributed by atoms with Gasteiger partial charge in [0.25, 0.3) is 0 Å². The average molecular weight is 292 g/mol. The number of aryl methyl sites for hydroxylation is 1. The Balaban J connectivity index is 1.71. The molecular weight excluding hydrogens is 266 g/mol. The molecule has 0 saturated heterocycles. The third kappa shape index (κ3) is 5.61. The molecule has 2 rings (SSSR count). The summed E-state index contributed by atoms with van der Waals surface area (Å²) < 4.78 is 26.3. The lowest BCUT2D eigenvalue weighted by molar-refractivity contribution is 0.254. The summed E-state index contributed by atoms with van der Waals surface area (Å²) in [5.41, 5.74) is 0.794. The fraction of sp³-hybridized carbons (Fsp3) is 0.579. The number of hydrogen-bond acceptors (Lipinski definition) is 0. The lowest BCUT2D eigenvalue weighted by atomic mass is 9.78. The number of allylic oxidation sites excluding steroid dienone is 2. The van der Waals surface area contributed by atoms with Crippen LogP contribution >= 0.6 is 0 Å². The van der Waals surface area contributed by atoms with E-state index in [2.05, 4.69) is 19.1 Å². The van der Waals surface area contributed by atoms with Gasteiger partial charge in [0, 0.05) is 6.07 Å². The average Bonchev–Trinajstić information content (AvgIpc) is 2.46. The van der Waals surface area contributed by atoms with Gasteiger partial charge in [0.05, 0.1) is 0 Å². The summed E-state index contributed by atoms with van der Waals surface area (Å²) >= 11 is 0. The van der Waals surface area contributed by atoms with E-state index in [0.717, 1.165) is 36.3 Å². The van der Waals surface area contributed by atoms with Crippen LogP contribution in [0.2, 0.25) is 0 Å². The zero-order valence-corrected chi connectivity index (χ0v) is 13.0. The van der Waals surface area contributed by atoms with Crippen molar-refractivity contribution >= 4 is 0 Å². The van der Waals surface area contributed by atoms with Gasteiger partial charge in [0.2, 0.25) is 0 Å². The maximum absolute atomic E-state index is 13.1. The molecule has 21 heavy (non-hydrogen) atoms. The van der Waals surface area contributed by atoms with Crippen LogP contribution in [0.1, 0.15) is 57.4 Å². The van der Waals surface area contributed by atoms with E-state index >= 15 is 0 Å². The lowest BCUT2D eigenvalue weighted by Crippen LogP contribution is -2.15. The molecule has 0 heterocycles. The lowest BCUT2D eigenvalue weighted by Gasteiger charge is -2.28. The molecule has 1 aromatic carbocycles. The Morgan fingerprint density at radius 2 is 1.52 bits per heavy atom. The summed E-state index contributed by atoms with van der Waals surface area (Å²) in [5.74, 6) is 0.689. The minimum atomic E-state index is -0.460. The third-order valence-electron chi connectivity index (χ3n) is 4.71. The Morgan fingerprint density at radius 1 is 0.952 bits per heavy atom. The third-order valence-corrected chi connectivity index (χ3v) is 4.71. The summed E-state index contributed by atoms with van der Waals surface area (Å²) in [6.07, 6.45) is 13.9. The summed E-state index contributed by atoms with van der Waals surface area (Å²) in [6.45, 7) is 2.08. The second-order valence-corrected chi connectivity index (χ2v) is 6.35. The van der Waals surface area contributed by atoms with Crippen LogP contribution in [0.15, 0.2) is 30.4 Å². The van der Waals surface area contributed by atoms with Crippen LogP contribution in [0.25, 0.3) is 0 Å². The Kier molecular flexibility index (Phi) is 6.41. The standard InChI is InChI=1S/C19H26F2/c1-2-3-4-5-15-6-8-16(9-7-15)10-11-17-12-18(20)14-19(21)13-17/h2-3,12-16H,4-11H2,1H3. The SMILES string of the molecule is CC=CCCC1CCC(CCc2cc(F)cc(F)c2)CC1. The molecule has 0 amide bonds. The highest BCUT2D eigenvalue weighted by Crippen LogP contribution is 2.34. The second-order valence-electron chi connectivity index (χ2n) is 6.35. The highest BCUT2D eigenvalue weighted by Gasteiger charge is 2.20. The van der Waals surface area contributed by atoms with Crippen LogP contribution in [-0.4, -0.2) is 0 Å². The second kappa shape index (κ2) is 8.31. The Labute approximate surface area is 127 Å². The Morgan fingerprint density at radius 3 is 2.10 bits per heavy atom. The molecule has 2 heteroatoms. The Hall–Kier alpha value is -1.18. The van der Waals surface area contributed by atoms with E-state index < -0.39 is 11.6 Å². The van der Waals surface area contributed by atoms with Crippen LogP contribution in [0.4, 0.5) is 8.78 Å². The quantitative estimate of drug-likeness (QED) is 0.559. The Bertz CT molecular complexity index is 436. The van der Waals surface area contributed by atoms with Crippen molar-refractivity contribution in [2.75, 3.05) is 0 Å². The molecule has 116 valence electrons. The first-order valence-corrected chi connectivity index (χ1v) is 8.23. The predicted molar refractivity (Wildman–Crippen MR) is 84.2 cm³/mol. The van der Waals surface area contributed by atoms with E-state index in [1.807, 2.05) is 0 Å². The summed E-state index contributed by atoms with van der Waals surface area (Å²) in [4.78, 5) is 0. The first-order valence-electron chi connectivity index (χ1n) is 8.23. The van der Waals surface area contributed by atoms with Gasteiger partial charge >= 0.3 is 0 Å². The summed E-state index contributed by atoms with van der Waals surface area (Å²) in [6, 6.07) is 3.87. The van der Waals surface area contributed by atoms with Gasteiger partial charge in [-0.3, -0.25) is 0 Å². The molecule has 0 atom stereocenters. The van der Waals surface area contributed by atoms with Crippen molar-refractivity contribution in [3.8, 4) is 0 Å². The van der Waals surface area contributed by atoms with Gasteiger partial charge in [-0.05, 0) is 62.1 Å². The van der Waals surface area contributed by atoms with Gasteiger partial charge in [-0.2, -0.15) is 0 Å². The maximum Gasteiger partial charge on any atom is 0.126 e. The van der Waals surface area contributed by atoms with Crippen LogP contribution in [-0.2, 0) is 6.42 Å². The van der Waals surface area contributed by atoms with E-state index in [1.165, 1.54) is 50.7 Å². The van der Waals surface area contributed by atoms with Crippen molar-refractivity contribution in [1.82, 2.24) is 0 Å². The number of halogens is 2. The van der Waals surface area contributed by atoms with E-state index in [1.54, 1.807) is 0 Å². The molecular formula is C19H26F2. The zero-order chi connectivity index (χ0) is 15.1. The topological polar surface area (TPSA) is 0 Å². The molecule has 0 N–H and O–H groups in total. The fourth-order valence-electron chi connectivity index (χ4n) is 3.43. The fourth-order valence-corrected chi connectivity index (χ4v) is 3.43. The number of benzene rings is 1. The van der Waals surface area contributed by atoms with E-state index in [4.69, 9.17) is 0 Å². The van der Waals surface area contributed by atoms with Crippen molar-refractivity contribution in [1.29, 1.82) is 0 Å². The molecule has 1 aliphatic carbocycles. The van der Waals surface area contributed by atoms with Crippen LogP contribution in [0, 0.1) is 23.5 Å². The van der Waals surface area contributed by atoms with Crippen LogP contribution in [0.5, 0.6) is 0 Å². The smallest absolute Gasteiger partial charge is 0.126 e. The van der Waals surface area contributed by atoms with Gasteiger partial charge in [-0.25, -0.2) is 8.78 Å². The molecule has 0 aromatic heterocycles. The van der Waals surface area contributed by atoms with Gasteiger partial charge < -0.3 is 0 Å². The molecule has 1 aromatic rings. The monoisotopic (exact) mass is 292 g/mol. The van der Waals surface area contributed by atoms with Crippen molar-refractivity contribution in [2.45, 2.75) is 58.3 Å². The summed E-state index contributed by atoms with van der Waals surface area (Å²) in [7, 11) is 0. The number of hydrogen-bond donors (Lipinski definition) is 0. The minimum Gasteiger partial charge on any atom is -0.207 e. The normalized spacial score (nSPS) is 22.8. The van der Waals surface area contributed by atoms with Crippen molar-refractivity contribution in [3.63, 3.8) is 0 Å². The maximum atomic E-state index is 13.1. The zero-order valence-electron chi connectivity index (χ0n) is 13.0. The number of rotatable bonds is 6. The molecule has 0 unspecified atom stereocenters. The highest BCUT2D eigenvalue weighted by molar-refractivity contribution is 5.18. The first-order chi connectivity index (χ1) is 10.2. The molecule has 1 saturated carbocycles. The molecule has 0 nitrogen and oxygen atoms in total. The molecule has 1 aliphatic rings. The van der Waals surface area contributed by atoms with Crippen LogP contribution < -0.4 is 0 Å². The van der Waals surface area contributed by atoms with Crippen molar-refractivity contribution in [2.24, 2.45) is 11.8 Å². The minimum absolute atomic E-state index is 0.460. The van der Waals surface area contributed by atoms with E-state index in [0.29, 0.717) is 0 Å². The molecule has 1 fully saturated rings.